The maximum Gasteiger partial charge on any atom is 0.234 e. The fourth-order valence-corrected chi connectivity index (χ4v) is 5.05. The van der Waals surface area contributed by atoms with Gasteiger partial charge in [0.15, 0.2) is 0 Å². The Morgan fingerprint density at radius 2 is 1.77 bits per heavy atom. The molecule has 0 bridgehead atoms. The fourth-order valence-electron chi connectivity index (χ4n) is 5.05. The second-order valence-corrected chi connectivity index (χ2v) is 8.67. The second kappa shape index (κ2) is 9.18. The molecule has 4 atom stereocenters. The summed E-state index contributed by atoms with van der Waals surface area (Å²) < 4.78 is 0. The molecule has 1 aliphatic heterocycles. The van der Waals surface area contributed by atoms with Gasteiger partial charge < -0.3 is 16.0 Å². The van der Waals surface area contributed by atoms with E-state index in [1.54, 1.807) is 0 Å². The van der Waals surface area contributed by atoms with Crippen molar-refractivity contribution >= 4 is 11.8 Å². The zero-order chi connectivity index (χ0) is 18.5. The number of piperazine rings is 1. The van der Waals surface area contributed by atoms with Crippen LogP contribution in [0, 0.1) is 17.8 Å². The van der Waals surface area contributed by atoms with E-state index in [9.17, 15) is 9.59 Å². The summed E-state index contributed by atoms with van der Waals surface area (Å²) in [5.41, 5.74) is 5.83. The molecule has 0 aromatic heterocycles. The van der Waals surface area contributed by atoms with E-state index in [-0.39, 0.29) is 11.8 Å². The maximum absolute atomic E-state index is 12.8. The molecule has 2 unspecified atom stereocenters. The lowest BCUT2D eigenvalue weighted by Gasteiger charge is -2.36. The molecule has 148 valence electrons. The first-order valence-electron chi connectivity index (χ1n) is 10.6. The normalized spacial score (nSPS) is 33.2. The Morgan fingerprint density at radius 1 is 1.04 bits per heavy atom. The number of hydrogen-bond donors (Lipinski definition) is 2. The number of nitrogens with one attached hydrogen (secondary N) is 1. The maximum atomic E-state index is 12.8. The number of hydrogen-bond acceptors (Lipinski definition) is 4. The third kappa shape index (κ3) is 4.97. The molecule has 0 aromatic rings. The van der Waals surface area contributed by atoms with Gasteiger partial charge >= 0.3 is 0 Å². The molecule has 2 saturated carbocycles. The van der Waals surface area contributed by atoms with Crippen LogP contribution in [-0.4, -0.2) is 66.9 Å². The van der Waals surface area contributed by atoms with Gasteiger partial charge in [-0.2, -0.15) is 0 Å². The molecule has 26 heavy (non-hydrogen) atoms. The lowest BCUT2D eigenvalue weighted by molar-refractivity contribution is -0.138. The van der Waals surface area contributed by atoms with Crippen molar-refractivity contribution in [3.05, 3.63) is 0 Å². The van der Waals surface area contributed by atoms with E-state index in [0.29, 0.717) is 31.0 Å². The van der Waals surface area contributed by atoms with Crippen LogP contribution in [0.25, 0.3) is 0 Å². The van der Waals surface area contributed by atoms with Crippen molar-refractivity contribution in [2.75, 3.05) is 39.3 Å². The van der Waals surface area contributed by atoms with Crippen LogP contribution in [0.4, 0.5) is 0 Å². The van der Waals surface area contributed by atoms with Crippen LogP contribution in [-0.2, 0) is 9.59 Å². The van der Waals surface area contributed by atoms with Gasteiger partial charge in [0.2, 0.25) is 11.8 Å². The molecule has 3 rings (SSSR count). The van der Waals surface area contributed by atoms with E-state index >= 15 is 0 Å². The highest BCUT2D eigenvalue weighted by atomic mass is 16.2. The molecule has 0 radical (unpaired) electrons. The summed E-state index contributed by atoms with van der Waals surface area (Å²) >= 11 is 0. The third-order valence-electron chi connectivity index (χ3n) is 6.63. The topological polar surface area (TPSA) is 78.7 Å². The van der Waals surface area contributed by atoms with Crippen molar-refractivity contribution in [1.82, 2.24) is 15.1 Å². The molecule has 0 spiro atoms. The zero-order valence-electron chi connectivity index (χ0n) is 16.3. The zero-order valence-corrected chi connectivity index (χ0v) is 16.3. The lowest BCUT2D eigenvalue weighted by Crippen LogP contribution is -2.53. The molecule has 3 N–H and O–H groups in total. The predicted octanol–water partition coefficient (Wildman–Crippen LogP) is 1.20. The van der Waals surface area contributed by atoms with Gasteiger partial charge in [0.05, 0.1) is 6.54 Å². The highest BCUT2D eigenvalue weighted by molar-refractivity contribution is 5.80. The standard InChI is InChI=1S/C20H36N4O2/c1-15-4-2-6-17(12-15)22-19(25)14-23-8-10-24(11-9-23)20(26)18-7-3-5-16(18)13-21/h15-18H,2-14,21H2,1H3,(H,22,25)/t15?,16-,17?,18-/m1/s1. The van der Waals surface area contributed by atoms with Crippen LogP contribution in [0.15, 0.2) is 0 Å². The monoisotopic (exact) mass is 364 g/mol. The molecule has 2 amide bonds. The van der Waals surface area contributed by atoms with E-state index in [0.717, 1.165) is 64.2 Å². The van der Waals surface area contributed by atoms with Crippen molar-refractivity contribution in [3.63, 3.8) is 0 Å². The summed E-state index contributed by atoms with van der Waals surface area (Å²) in [7, 11) is 0. The van der Waals surface area contributed by atoms with Crippen LogP contribution in [0.5, 0.6) is 0 Å². The van der Waals surface area contributed by atoms with Crippen molar-refractivity contribution in [3.8, 4) is 0 Å². The Labute approximate surface area is 157 Å². The van der Waals surface area contributed by atoms with Gasteiger partial charge in [-0.1, -0.05) is 26.2 Å². The lowest BCUT2D eigenvalue weighted by atomic mass is 9.87. The van der Waals surface area contributed by atoms with Crippen LogP contribution >= 0.6 is 0 Å². The summed E-state index contributed by atoms with van der Waals surface area (Å²) in [6.07, 6.45) is 7.93. The van der Waals surface area contributed by atoms with Crippen molar-refractivity contribution in [1.29, 1.82) is 0 Å². The number of carbonyl (C=O) groups is 2. The molecule has 2 aliphatic carbocycles. The van der Waals surface area contributed by atoms with E-state index in [2.05, 4.69) is 17.1 Å². The Hall–Kier alpha value is -1.14. The predicted molar refractivity (Wildman–Crippen MR) is 102 cm³/mol. The molecule has 3 fully saturated rings. The van der Waals surface area contributed by atoms with Crippen LogP contribution in [0.3, 0.4) is 0 Å². The highest BCUT2D eigenvalue weighted by Crippen LogP contribution is 2.32. The highest BCUT2D eigenvalue weighted by Gasteiger charge is 2.35. The van der Waals surface area contributed by atoms with E-state index < -0.39 is 0 Å². The van der Waals surface area contributed by atoms with Crippen LogP contribution in [0.2, 0.25) is 0 Å². The number of carbonyl (C=O) groups excluding carboxylic acids is 2. The summed E-state index contributed by atoms with van der Waals surface area (Å²) in [5.74, 6) is 1.64. The fraction of sp³-hybridized carbons (Fsp3) is 0.900. The first-order chi connectivity index (χ1) is 12.6. The Kier molecular flexibility index (Phi) is 6.92. The third-order valence-corrected chi connectivity index (χ3v) is 6.63. The van der Waals surface area contributed by atoms with Gasteiger partial charge in [-0.25, -0.2) is 0 Å². The molecular formula is C20H36N4O2. The summed E-state index contributed by atoms with van der Waals surface area (Å²) in [6, 6.07) is 0.352. The first kappa shape index (κ1) is 19.6. The second-order valence-electron chi connectivity index (χ2n) is 8.67. The van der Waals surface area contributed by atoms with Gasteiger partial charge in [-0.05, 0) is 44.1 Å². The average Bonchev–Trinajstić information content (AvgIpc) is 3.10. The van der Waals surface area contributed by atoms with Gasteiger partial charge in [-0.15, -0.1) is 0 Å². The summed E-state index contributed by atoms with van der Waals surface area (Å²) in [5, 5.41) is 3.21. The smallest absolute Gasteiger partial charge is 0.234 e. The van der Waals surface area contributed by atoms with Crippen molar-refractivity contribution in [2.45, 2.75) is 57.9 Å². The first-order valence-corrected chi connectivity index (χ1v) is 10.6. The molecular weight excluding hydrogens is 328 g/mol. The molecule has 1 saturated heterocycles. The Morgan fingerprint density at radius 3 is 2.46 bits per heavy atom. The van der Waals surface area contributed by atoms with Crippen LogP contribution < -0.4 is 11.1 Å². The van der Waals surface area contributed by atoms with E-state index in [1.165, 1.54) is 12.8 Å². The minimum absolute atomic E-state index is 0.128. The largest absolute Gasteiger partial charge is 0.352 e. The van der Waals surface area contributed by atoms with Crippen molar-refractivity contribution in [2.24, 2.45) is 23.5 Å². The number of nitrogens with zero attached hydrogens (tertiary/aromatic N) is 2. The van der Waals surface area contributed by atoms with Gasteiger partial charge in [-0.3, -0.25) is 14.5 Å². The Balaban J connectivity index is 1.39. The Bertz CT molecular complexity index is 490. The molecule has 6 nitrogen and oxygen atoms in total. The molecule has 6 heteroatoms. The van der Waals surface area contributed by atoms with E-state index in [4.69, 9.17) is 5.73 Å². The number of amides is 2. The summed E-state index contributed by atoms with van der Waals surface area (Å²) in [4.78, 5) is 29.3. The SMILES string of the molecule is CC1CCCC(NC(=O)CN2CCN(C(=O)[C@@H]3CCC[C@@H]3CN)CC2)C1. The molecule has 0 aromatic carbocycles. The summed E-state index contributed by atoms with van der Waals surface area (Å²) in [6.45, 7) is 6.41. The van der Waals surface area contributed by atoms with Crippen molar-refractivity contribution < 1.29 is 9.59 Å². The number of nitrogens with two attached hydrogens (primary N) is 1. The van der Waals surface area contributed by atoms with Gasteiger partial charge in [0.1, 0.15) is 0 Å². The minimum atomic E-state index is 0.128. The molecule has 1 heterocycles. The number of rotatable bonds is 5. The van der Waals surface area contributed by atoms with Gasteiger partial charge in [0.25, 0.3) is 0 Å². The average molecular weight is 365 g/mol. The quantitative estimate of drug-likeness (QED) is 0.768. The molecule has 3 aliphatic rings. The minimum Gasteiger partial charge on any atom is -0.352 e. The van der Waals surface area contributed by atoms with E-state index in [1.807, 2.05) is 4.90 Å². The van der Waals surface area contributed by atoms with Gasteiger partial charge in [0, 0.05) is 38.1 Å². The van der Waals surface area contributed by atoms with Crippen LogP contribution in [0.1, 0.15) is 51.9 Å².